The fourth-order valence-electron chi connectivity index (χ4n) is 0.621. The summed E-state index contributed by atoms with van der Waals surface area (Å²) in [6, 6.07) is 0. The highest BCUT2D eigenvalue weighted by Crippen LogP contribution is 2.60. The van der Waals surface area contributed by atoms with E-state index in [-0.39, 0.29) is 0 Å². The quantitative estimate of drug-likeness (QED) is 0.479. The van der Waals surface area contributed by atoms with Crippen molar-refractivity contribution in [2.45, 2.75) is 0 Å². The molecule has 0 amide bonds. The van der Waals surface area contributed by atoms with E-state index in [1.807, 2.05) is 0 Å². The maximum absolute atomic E-state index is 9.43. The van der Waals surface area contributed by atoms with Gasteiger partial charge in [0, 0.05) is 0 Å². The minimum absolute atomic E-state index is 0.578. The molecule has 0 aliphatic carbocycles. The highest BCUT2D eigenvalue weighted by atomic mass is 31.2. The summed E-state index contributed by atoms with van der Waals surface area (Å²) in [6.45, 7) is 0. The van der Waals surface area contributed by atoms with Crippen molar-refractivity contribution in [1.29, 1.82) is 0 Å². The van der Waals surface area contributed by atoms with Crippen LogP contribution in [0.4, 0.5) is 0 Å². The molecule has 1 unspecified atom stereocenters. The van der Waals surface area contributed by atoms with Crippen LogP contribution in [0.5, 0.6) is 0 Å². The average molecular weight is 171 g/mol. The van der Waals surface area contributed by atoms with Gasteiger partial charge in [-0.3, -0.25) is 4.52 Å². The van der Waals surface area contributed by atoms with Gasteiger partial charge in [-0.25, -0.2) is 0 Å². The molecule has 1 rings (SSSR count). The van der Waals surface area contributed by atoms with Crippen LogP contribution in [0.25, 0.3) is 0 Å². The van der Waals surface area contributed by atoms with Crippen LogP contribution < -0.4 is 0 Å². The standard InChI is InChI=1S/C7H8O3P/c1-3-7-4-5-10-11(8,6-7)9-2/h1,4-6,8H,2H3/q+1. The van der Waals surface area contributed by atoms with Crippen LogP contribution in [-0.2, 0) is 9.05 Å². The molecular formula is C7H8O3P+. The Kier molecular flexibility index (Phi) is 2.31. The summed E-state index contributed by atoms with van der Waals surface area (Å²) in [5.41, 5.74) is 0.578. The van der Waals surface area contributed by atoms with Gasteiger partial charge in [0.1, 0.15) is 6.26 Å². The van der Waals surface area contributed by atoms with E-state index >= 15 is 0 Å². The monoisotopic (exact) mass is 171 g/mol. The third-order valence-electron chi connectivity index (χ3n) is 1.19. The van der Waals surface area contributed by atoms with Crippen molar-refractivity contribution in [1.82, 2.24) is 0 Å². The van der Waals surface area contributed by atoms with Gasteiger partial charge in [-0.05, 0) is 6.08 Å². The van der Waals surface area contributed by atoms with Gasteiger partial charge in [0.2, 0.25) is 0 Å². The van der Waals surface area contributed by atoms with E-state index in [0.717, 1.165) is 0 Å². The first-order chi connectivity index (χ1) is 5.20. The lowest BCUT2D eigenvalue weighted by molar-refractivity contribution is 0.273. The van der Waals surface area contributed by atoms with E-state index in [9.17, 15) is 4.89 Å². The molecule has 0 saturated carbocycles. The second-order valence-electron chi connectivity index (χ2n) is 1.88. The van der Waals surface area contributed by atoms with Crippen LogP contribution in [0.15, 0.2) is 23.7 Å². The lowest BCUT2D eigenvalue weighted by atomic mass is 10.3. The SMILES string of the molecule is C#CC1=C[P+](O)(OC)OC=C1. The molecule has 58 valence electrons. The summed E-state index contributed by atoms with van der Waals surface area (Å²) >= 11 is 0. The zero-order chi connectivity index (χ0) is 8.32. The minimum atomic E-state index is -2.81. The molecule has 0 aromatic heterocycles. The first kappa shape index (κ1) is 8.29. The molecule has 0 radical (unpaired) electrons. The molecule has 11 heavy (non-hydrogen) atoms. The number of allylic oxidation sites excluding steroid dienone is 2. The van der Waals surface area contributed by atoms with Crippen molar-refractivity contribution in [3.8, 4) is 12.3 Å². The smallest absolute Gasteiger partial charge is 0.289 e. The molecule has 0 spiro atoms. The van der Waals surface area contributed by atoms with Crippen LogP contribution in [0.1, 0.15) is 0 Å². The molecule has 0 bridgehead atoms. The largest absolute Gasteiger partial charge is 0.482 e. The maximum atomic E-state index is 9.43. The first-order valence-corrected chi connectivity index (χ1v) is 4.56. The van der Waals surface area contributed by atoms with Gasteiger partial charge < -0.3 is 0 Å². The van der Waals surface area contributed by atoms with E-state index in [2.05, 4.69) is 5.92 Å². The molecule has 3 nitrogen and oxygen atoms in total. The molecule has 0 aromatic carbocycles. The third-order valence-corrected chi connectivity index (χ3v) is 2.74. The fraction of sp³-hybridized carbons (Fsp3) is 0.143. The number of terminal acetylenes is 1. The molecule has 1 heterocycles. The number of hydrogen-bond donors (Lipinski definition) is 1. The van der Waals surface area contributed by atoms with E-state index < -0.39 is 7.94 Å². The topological polar surface area (TPSA) is 38.7 Å². The van der Waals surface area contributed by atoms with Gasteiger partial charge in [0.25, 0.3) is 0 Å². The van der Waals surface area contributed by atoms with Gasteiger partial charge in [-0.15, -0.1) is 6.42 Å². The predicted octanol–water partition coefficient (Wildman–Crippen LogP) is 1.45. The van der Waals surface area contributed by atoms with E-state index in [1.165, 1.54) is 19.2 Å². The first-order valence-electron chi connectivity index (χ1n) is 2.92. The summed E-state index contributed by atoms with van der Waals surface area (Å²) in [4.78, 5) is 9.43. The van der Waals surface area contributed by atoms with Gasteiger partial charge in [-0.1, -0.05) is 5.92 Å². The van der Waals surface area contributed by atoms with Crippen LogP contribution in [-0.4, -0.2) is 12.0 Å². The van der Waals surface area contributed by atoms with Crippen LogP contribution >= 0.6 is 7.94 Å². The van der Waals surface area contributed by atoms with Gasteiger partial charge >= 0.3 is 7.94 Å². The van der Waals surface area contributed by atoms with Crippen LogP contribution in [0, 0.1) is 12.3 Å². The lowest BCUT2D eigenvalue weighted by Crippen LogP contribution is -1.96. The zero-order valence-electron chi connectivity index (χ0n) is 6.02. The van der Waals surface area contributed by atoms with E-state index in [4.69, 9.17) is 15.5 Å². The second kappa shape index (κ2) is 3.06. The molecular weight excluding hydrogens is 163 g/mol. The molecule has 1 N–H and O–H groups in total. The Morgan fingerprint density at radius 1 is 1.82 bits per heavy atom. The van der Waals surface area contributed by atoms with Crippen LogP contribution in [0.2, 0.25) is 0 Å². The Balaban J connectivity index is 2.86. The van der Waals surface area contributed by atoms with Gasteiger partial charge in [-0.2, -0.15) is 9.42 Å². The molecule has 1 atom stereocenters. The normalized spacial score (nSPS) is 28.6. The van der Waals surface area contributed by atoms with Crippen LogP contribution in [0.3, 0.4) is 0 Å². The number of hydrogen-bond acceptors (Lipinski definition) is 3. The zero-order valence-corrected chi connectivity index (χ0v) is 6.91. The average Bonchev–Trinajstić information content (AvgIpc) is 2.05. The highest BCUT2D eigenvalue weighted by molar-refractivity contribution is 7.64. The molecule has 1 aliphatic heterocycles. The summed E-state index contributed by atoms with van der Waals surface area (Å²) in [6.07, 6.45) is 8.04. The van der Waals surface area contributed by atoms with Crippen molar-refractivity contribution in [3.05, 3.63) is 23.7 Å². The Hall–Kier alpha value is -0.810. The van der Waals surface area contributed by atoms with Crippen molar-refractivity contribution in [2.24, 2.45) is 0 Å². The van der Waals surface area contributed by atoms with E-state index in [0.29, 0.717) is 5.57 Å². The van der Waals surface area contributed by atoms with Crippen molar-refractivity contribution in [3.63, 3.8) is 0 Å². The lowest BCUT2D eigenvalue weighted by Gasteiger charge is -2.11. The Bertz CT molecular complexity index is 251. The van der Waals surface area contributed by atoms with Crippen molar-refractivity contribution < 1.29 is 13.9 Å². The summed E-state index contributed by atoms with van der Waals surface area (Å²) < 4.78 is 9.57. The Morgan fingerprint density at radius 2 is 2.55 bits per heavy atom. The summed E-state index contributed by atoms with van der Waals surface area (Å²) in [7, 11) is -1.44. The van der Waals surface area contributed by atoms with Crippen molar-refractivity contribution >= 4 is 7.94 Å². The van der Waals surface area contributed by atoms with Gasteiger partial charge in [0.15, 0.2) is 5.82 Å². The summed E-state index contributed by atoms with van der Waals surface area (Å²) in [5, 5.41) is 0. The molecule has 0 fully saturated rings. The van der Waals surface area contributed by atoms with Crippen molar-refractivity contribution in [2.75, 3.05) is 7.11 Å². The second-order valence-corrected chi connectivity index (χ2v) is 3.85. The predicted molar refractivity (Wildman–Crippen MR) is 43.3 cm³/mol. The molecule has 0 saturated heterocycles. The molecule has 4 heteroatoms. The Labute approximate surface area is 65.9 Å². The molecule has 1 aliphatic rings. The summed E-state index contributed by atoms with van der Waals surface area (Å²) in [5.74, 6) is 3.80. The maximum Gasteiger partial charge on any atom is 0.482 e. The highest BCUT2D eigenvalue weighted by Gasteiger charge is 2.39. The number of rotatable bonds is 1. The van der Waals surface area contributed by atoms with Gasteiger partial charge in [0.05, 0.1) is 12.7 Å². The fourth-order valence-corrected chi connectivity index (χ4v) is 1.62. The third kappa shape index (κ3) is 1.81. The minimum Gasteiger partial charge on any atom is -0.289 e. The molecule has 0 aromatic rings. The van der Waals surface area contributed by atoms with E-state index in [1.54, 1.807) is 6.08 Å². The Morgan fingerprint density at radius 3 is 3.09 bits per heavy atom.